The van der Waals surface area contributed by atoms with Crippen LogP contribution < -0.4 is 18.9 Å². The van der Waals surface area contributed by atoms with E-state index in [1.165, 1.54) is 5.56 Å². The summed E-state index contributed by atoms with van der Waals surface area (Å²) in [6.07, 6.45) is -0.544. The van der Waals surface area contributed by atoms with Gasteiger partial charge in [-0.15, -0.1) is 0 Å². The molecular formula is C40H48O7. The Morgan fingerprint density at radius 1 is 0.596 bits per heavy atom. The van der Waals surface area contributed by atoms with Crippen molar-refractivity contribution in [1.82, 2.24) is 0 Å². The molecule has 0 radical (unpaired) electrons. The van der Waals surface area contributed by atoms with Crippen molar-refractivity contribution in [3.8, 4) is 23.0 Å². The van der Waals surface area contributed by atoms with Crippen molar-refractivity contribution >= 4 is 0 Å². The summed E-state index contributed by atoms with van der Waals surface area (Å²) in [5.41, 5.74) is 4.24. The van der Waals surface area contributed by atoms with Crippen LogP contribution in [0.1, 0.15) is 56.9 Å². The monoisotopic (exact) mass is 640 g/mol. The zero-order valence-corrected chi connectivity index (χ0v) is 28.1. The molecule has 1 fully saturated rings. The summed E-state index contributed by atoms with van der Waals surface area (Å²) in [5.74, 6) is 3.12. The molecule has 250 valence electrons. The first-order valence-corrected chi connectivity index (χ1v) is 16.4. The van der Waals surface area contributed by atoms with Gasteiger partial charge in [0.05, 0.1) is 13.2 Å². The second-order valence-electron chi connectivity index (χ2n) is 13.5. The average Bonchev–Trinajstić information content (AvgIpc) is 3.93. The number of epoxide rings is 1. The van der Waals surface area contributed by atoms with E-state index in [1.54, 1.807) is 0 Å². The van der Waals surface area contributed by atoms with Crippen LogP contribution in [0.15, 0.2) is 97.1 Å². The summed E-state index contributed by atoms with van der Waals surface area (Å²) in [5, 5.41) is 19.8. The first kappa shape index (κ1) is 34.3. The number of rotatable bonds is 17. The zero-order chi connectivity index (χ0) is 33.4. The summed E-state index contributed by atoms with van der Waals surface area (Å²) >= 11 is 0. The van der Waals surface area contributed by atoms with E-state index in [2.05, 4.69) is 76.2 Å². The van der Waals surface area contributed by atoms with Gasteiger partial charge in [-0.3, -0.25) is 0 Å². The predicted octanol–water partition coefficient (Wildman–Crippen LogP) is 6.94. The highest BCUT2D eigenvalue weighted by molar-refractivity contribution is 5.43. The third-order valence-electron chi connectivity index (χ3n) is 8.87. The Labute approximate surface area is 279 Å². The minimum atomic E-state index is -0.782. The van der Waals surface area contributed by atoms with Crippen molar-refractivity contribution in [2.75, 3.05) is 39.6 Å². The van der Waals surface area contributed by atoms with Gasteiger partial charge in [0.1, 0.15) is 55.0 Å². The van der Waals surface area contributed by atoms with Gasteiger partial charge < -0.3 is 33.9 Å². The molecule has 4 aromatic rings. The maximum Gasteiger partial charge on any atom is 0.122 e. The van der Waals surface area contributed by atoms with Crippen LogP contribution in [-0.2, 0) is 15.6 Å². The molecule has 3 atom stereocenters. The van der Waals surface area contributed by atoms with E-state index in [9.17, 15) is 10.2 Å². The van der Waals surface area contributed by atoms with Crippen LogP contribution in [0.3, 0.4) is 0 Å². The molecule has 7 nitrogen and oxygen atoms in total. The first-order chi connectivity index (χ1) is 22.5. The van der Waals surface area contributed by atoms with E-state index < -0.39 is 6.10 Å². The fourth-order valence-corrected chi connectivity index (χ4v) is 5.28. The van der Waals surface area contributed by atoms with Crippen molar-refractivity contribution in [2.45, 2.75) is 57.7 Å². The molecule has 1 heterocycles. The lowest BCUT2D eigenvalue weighted by atomic mass is 9.78. The van der Waals surface area contributed by atoms with Crippen LogP contribution in [0.5, 0.6) is 23.0 Å². The molecule has 0 bridgehead atoms. The molecule has 0 saturated carbocycles. The van der Waals surface area contributed by atoms with E-state index in [1.807, 2.05) is 55.5 Å². The molecule has 47 heavy (non-hydrogen) atoms. The van der Waals surface area contributed by atoms with Gasteiger partial charge >= 0.3 is 0 Å². The molecule has 2 N–H and O–H groups in total. The minimum Gasteiger partial charge on any atom is -0.493 e. The predicted molar refractivity (Wildman–Crippen MR) is 184 cm³/mol. The van der Waals surface area contributed by atoms with Gasteiger partial charge in [0.2, 0.25) is 0 Å². The lowest BCUT2D eigenvalue weighted by Gasteiger charge is -2.27. The Kier molecular flexibility index (Phi) is 11.1. The second-order valence-corrected chi connectivity index (χ2v) is 13.5. The molecule has 1 saturated heterocycles. The maximum absolute atomic E-state index is 10.5. The zero-order valence-electron chi connectivity index (χ0n) is 28.1. The number of hydrogen-bond donors (Lipinski definition) is 2. The van der Waals surface area contributed by atoms with E-state index >= 15 is 0 Å². The quantitative estimate of drug-likeness (QED) is 0.121. The molecule has 1 aliphatic rings. The number of ether oxygens (including phenoxy) is 5. The van der Waals surface area contributed by atoms with E-state index in [4.69, 9.17) is 23.7 Å². The summed E-state index contributed by atoms with van der Waals surface area (Å²) < 4.78 is 28.5. The van der Waals surface area contributed by atoms with Crippen molar-refractivity contribution < 1.29 is 33.9 Å². The van der Waals surface area contributed by atoms with Crippen LogP contribution in [0.2, 0.25) is 0 Å². The lowest BCUT2D eigenvalue weighted by molar-refractivity contribution is 0.0626. The van der Waals surface area contributed by atoms with E-state index in [0.29, 0.717) is 24.7 Å². The fourth-order valence-electron chi connectivity index (χ4n) is 5.28. The lowest BCUT2D eigenvalue weighted by Crippen LogP contribution is -2.25. The number of aliphatic hydroxyl groups is 2. The molecule has 3 unspecified atom stereocenters. The molecule has 5 rings (SSSR count). The summed E-state index contributed by atoms with van der Waals surface area (Å²) in [6.45, 7) is 12.9. The van der Waals surface area contributed by atoms with Crippen LogP contribution in [-0.4, -0.2) is 62.1 Å². The standard InChI is InChI=1S/C40H48O7/c1-28(22-41)23-43-34-14-6-29(7-15-34)39(2,3)30-8-16-35(17-9-30)44-24-33(42)25-45-36-18-10-31(11-19-36)40(4,5)32-12-20-37(21-13-32)46-26-38-27-47-38/h6-21,28,33,38,41-42H,22-27H2,1-5H3. The molecule has 0 aromatic heterocycles. The normalized spacial score (nSPS) is 15.9. The van der Waals surface area contributed by atoms with Gasteiger partial charge in [-0.2, -0.15) is 0 Å². The first-order valence-electron chi connectivity index (χ1n) is 16.4. The van der Waals surface area contributed by atoms with Gasteiger partial charge in [0.15, 0.2) is 0 Å². The maximum atomic E-state index is 10.5. The second kappa shape index (κ2) is 15.2. The molecule has 0 aliphatic carbocycles. The topological polar surface area (TPSA) is 89.9 Å². The average molecular weight is 641 g/mol. The molecule has 4 aromatic carbocycles. The summed E-state index contributed by atoms with van der Waals surface area (Å²) in [6, 6.07) is 32.3. The molecule has 7 heteroatoms. The highest BCUT2D eigenvalue weighted by Gasteiger charge is 2.26. The van der Waals surface area contributed by atoms with Gasteiger partial charge in [0, 0.05) is 23.4 Å². The van der Waals surface area contributed by atoms with Crippen molar-refractivity contribution in [1.29, 1.82) is 0 Å². The Balaban J connectivity index is 1.07. The Bertz CT molecular complexity index is 1520. The number of hydrogen-bond acceptors (Lipinski definition) is 7. The van der Waals surface area contributed by atoms with Crippen LogP contribution in [0, 0.1) is 5.92 Å². The van der Waals surface area contributed by atoms with Gasteiger partial charge in [-0.1, -0.05) is 83.1 Å². The number of benzene rings is 4. The van der Waals surface area contributed by atoms with Crippen LogP contribution in [0.4, 0.5) is 0 Å². The van der Waals surface area contributed by atoms with Crippen molar-refractivity contribution in [2.24, 2.45) is 5.92 Å². The van der Waals surface area contributed by atoms with Crippen molar-refractivity contribution in [3.63, 3.8) is 0 Å². The van der Waals surface area contributed by atoms with Crippen molar-refractivity contribution in [3.05, 3.63) is 119 Å². The van der Waals surface area contributed by atoms with Crippen LogP contribution in [0.25, 0.3) is 0 Å². The van der Waals surface area contributed by atoms with E-state index in [-0.39, 0.29) is 42.7 Å². The molecule has 1 aliphatic heterocycles. The van der Waals surface area contributed by atoms with Gasteiger partial charge in [0.25, 0.3) is 0 Å². The SMILES string of the molecule is CC(CO)COc1ccc(C(C)(C)c2ccc(OCC(O)COc3ccc(C(C)(C)c4ccc(OCC5CO5)cc4)cc3)cc2)cc1. The Hall–Kier alpha value is -4.04. The summed E-state index contributed by atoms with van der Waals surface area (Å²) in [7, 11) is 0. The Morgan fingerprint density at radius 3 is 1.23 bits per heavy atom. The van der Waals surface area contributed by atoms with Gasteiger partial charge in [-0.25, -0.2) is 0 Å². The summed E-state index contributed by atoms with van der Waals surface area (Å²) in [4.78, 5) is 0. The highest BCUT2D eigenvalue weighted by Crippen LogP contribution is 2.35. The smallest absolute Gasteiger partial charge is 0.122 e. The minimum absolute atomic E-state index is 0.0976. The fraction of sp³-hybridized carbons (Fsp3) is 0.400. The van der Waals surface area contributed by atoms with Gasteiger partial charge in [-0.05, 0) is 70.8 Å². The third kappa shape index (κ3) is 9.28. The van der Waals surface area contributed by atoms with E-state index in [0.717, 1.165) is 34.8 Å². The largest absolute Gasteiger partial charge is 0.493 e. The number of aliphatic hydroxyl groups excluding tert-OH is 2. The van der Waals surface area contributed by atoms with Crippen LogP contribution >= 0.6 is 0 Å². The highest BCUT2D eigenvalue weighted by atomic mass is 16.6. The molecular weight excluding hydrogens is 592 g/mol. The Morgan fingerprint density at radius 2 is 0.915 bits per heavy atom. The third-order valence-corrected chi connectivity index (χ3v) is 8.87. The molecule has 0 amide bonds. The molecule has 0 spiro atoms.